The summed E-state index contributed by atoms with van der Waals surface area (Å²) in [5.41, 5.74) is 4.00. The van der Waals surface area contributed by atoms with Gasteiger partial charge in [-0.05, 0) is 31.0 Å². The van der Waals surface area contributed by atoms with Gasteiger partial charge in [-0.3, -0.25) is 0 Å². The Morgan fingerprint density at radius 1 is 1.33 bits per heavy atom. The Labute approximate surface area is 106 Å². The highest BCUT2D eigenvalue weighted by Crippen LogP contribution is 2.31. The summed E-state index contributed by atoms with van der Waals surface area (Å²) in [5, 5.41) is 3.36. The largest absolute Gasteiger partial charge is 0.457 e. The normalized spacial score (nSPS) is 26.9. The molecule has 4 heteroatoms. The lowest BCUT2D eigenvalue weighted by atomic mass is 9.94. The standard InChI is InChI=1S/C14H17NO3/c1-8-5-15-6-13(18-8)10-3-4-11-12(9(10)2)7-17-14(11)16/h3-4,8,13,15H,5-7H2,1-2H3/t8-,13-/m0/s1. The lowest BCUT2D eigenvalue weighted by Gasteiger charge is -2.30. The summed E-state index contributed by atoms with van der Waals surface area (Å²) in [5.74, 6) is -0.212. The Balaban J connectivity index is 1.96. The lowest BCUT2D eigenvalue weighted by molar-refractivity contribution is -0.0290. The van der Waals surface area contributed by atoms with Crippen LogP contribution in [0.3, 0.4) is 0 Å². The van der Waals surface area contributed by atoms with Gasteiger partial charge in [-0.25, -0.2) is 4.79 Å². The van der Waals surface area contributed by atoms with Crippen molar-refractivity contribution in [3.8, 4) is 0 Å². The number of benzene rings is 1. The average Bonchev–Trinajstić information content (AvgIpc) is 2.73. The van der Waals surface area contributed by atoms with Gasteiger partial charge in [0.05, 0.1) is 17.8 Å². The maximum Gasteiger partial charge on any atom is 0.338 e. The number of carbonyl (C=O) groups is 1. The van der Waals surface area contributed by atoms with Crippen LogP contribution < -0.4 is 5.32 Å². The molecule has 96 valence electrons. The molecule has 2 heterocycles. The first-order valence-corrected chi connectivity index (χ1v) is 6.32. The maximum atomic E-state index is 11.5. The van der Waals surface area contributed by atoms with Crippen molar-refractivity contribution in [2.75, 3.05) is 13.1 Å². The van der Waals surface area contributed by atoms with Crippen molar-refractivity contribution in [3.05, 3.63) is 34.4 Å². The highest BCUT2D eigenvalue weighted by Gasteiger charge is 2.28. The molecule has 1 aromatic carbocycles. The number of ether oxygens (including phenoxy) is 2. The van der Waals surface area contributed by atoms with Crippen molar-refractivity contribution in [2.24, 2.45) is 0 Å². The van der Waals surface area contributed by atoms with Crippen LogP contribution in [0.25, 0.3) is 0 Å². The third kappa shape index (κ3) is 1.82. The molecule has 0 aliphatic carbocycles. The van der Waals surface area contributed by atoms with Crippen LogP contribution in [0, 0.1) is 6.92 Å². The monoisotopic (exact) mass is 247 g/mol. The van der Waals surface area contributed by atoms with Crippen molar-refractivity contribution in [2.45, 2.75) is 32.7 Å². The van der Waals surface area contributed by atoms with E-state index < -0.39 is 0 Å². The maximum absolute atomic E-state index is 11.5. The van der Waals surface area contributed by atoms with Gasteiger partial charge in [0, 0.05) is 18.7 Å². The smallest absolute Gasteiger partial charge is 0.338 e. The minimum atomic E-state index is -0.212. The summed E-state index contributed by atoms with van der Waals surface area (Å²) in [6.45, 7) is 6.21. The van der Waals surface area contributed by atoms with Gasteiger partial charge >= 0.3 is 5.97 Å². The van der Waals surface area contributed by atoms with Crippen LogP contribution in [0.15, 0.2) is 12.1 Å². The first-order valence-electron chi connectivity index (χ1n) is 6.32. The first-order chi connectivity index (χ1) is 8.66. The van der Waals surface area contributed by atoms with Gasteiger partial charge in [0.15, 0.2) is 0 Å². The zero-order valence-corrected chi connectivity index (χ0v) is 10.7. The van der Waals surface area contributed by atoms with E-state index in [1.807, 2.05) is 19.1 Å². The van der Waals surface area contributed by atoms with Gasteiger partial charge in [-0.1, -0.05) is 6.07 Å². The van der Waals surface area contributed by atoms with Crippen LogP contribution in [0.4, 0.5) is 0 Å². The molecule has 1 fully saturated rings. The number of morpholine rings is 1. The number of fused-ring (bicyclic) bond motifs is 1. The summed E-state index contributed by atoms with van der Waals surface area (Å²) in [4.78, 5) is 11.5. The molecule has 1 aromatic rings. The molecule has 0 saturated carbocycles. The molecule has 2 aliphatic heterocycles. The SMILES string of the molecule is Cc1c([C@@H]2CNC[C@H](C)O2)ccc2c1COC2=O. The minimum absolute atomic E-state index is 0.0646. The van der Waals surface area contributed by atoms with Crippen molar-refractivity contribution < 1.29 is 14.3 Å². The van der Waals surface area contributed by atoms with Crippen LogP contribution in [0.2, 0.25) is 0 Å². The molecular weight excluding hydrogens is 230 g/mol. The highest BCUT2D eigenvalue weighted by molar-refractivity contribution is 5.93. The van der Waals surface area contributed by atoms with E-state index in [4.69, 9.17) is 9.47 Å². The minimum Gasteiger partial charge on any atom is -0.457 e. The fourth-order valence-electron chi connectivity index (χ4n) is 2.69. The molecule has 18 heavy (non-hydrogen) atoms. The number of hydrogen-bond donors (Lipinski definition) is 1. The molecule has 0 bridgehead atoms. The van der Waals surface area contributed by atoms with E-state index in [0.717, 1.165) is 29.8 Å². The summed E-state index contributed by atoms with van der Waals surface area (Å²) >= 11 is 0. The van der Waals surface area contributed by atoms with E-state index >= 15 is 0 Å². The molecule has 2 aliphatic rings. The van der Waals surface area contributed by atoms with E-state index in [-0.39, 0.29) is 18.2 Å². The van der Waals surface area contributed by atoms with Crippen molar-refractivity contribution in [1.29, 1.82) is 0 Å². The Kier molecular flexibility index (Phi) is 2.84. The highest BCUT2D eigenvalue weighted by atomic mass is 16.5. The van der Waals surface area contributed by atoms with Gasteiger partial charge in [0.2, 0.25) is 0 Å². The number of hydrogen-bond acceptors (Lipinski definition) is 4. The summed E-state index contributed by atoms with van der Waals surface area (Å²) in [6, 6.07) is 3.85. The molecule has 0 aromatic heterocycles. The summed E-state index contributed by atoms with van der Waals surface area (Å²) in [7, 11) is 0. The van der Waals surface area contributed by atoms with Crippen LogP contribution >= 0.6 is 0 Å². The molecule has 2 atom stereocenters. The molecule has 1 N–H and O–H groups in total. The molecule has 1 saturated heterocycles. The number of carbonyl (C=O) groups excluding carboxylic acids is 1. The van der Waals surface area contributed by atoms with E-state index in [9.17, 15) is 4.79 Å². The predicted molar refractivity (Wildman–Crippen MR) is 66.5 cm³/mol. The lowest BCUT2D eigenvalue weighted by Crippen LogP contribution is -2.39. The Morgan fingerprint density at radius 3 is 2.94 bits per heavy atom. The Hall–Kier alpha value is -1.39. The molecule has 0 radical (unpaired) electrons. The van der Waals surface area contributed by atoms with E-state index in [1.165, 1.54) is 0 Å². The van der Waals surface area contributed by atoms with Crippen molar-refractivity contribution in [3.63, 3.8) is 0 Å². The second-order valence-electron chi connectivity index (χ2n) is 4.98. The second kappa shape index (κ2) is 4.37. The zero-order valence-electron chi connectivity index (χ0n) is 10.7. The molecule has 0 spiro atoms. The molecule has 3 rings (SSSR count). The molecule has 0 amide bonds. The average molecular weight is 247 g/mol. The molecular formula is C14H17NO3. The van der Waals surface area contributed by atoms with Crippen molar-refractivity contribution in [1.82, 2.24) is 5.32 Å². The fraction of sp³-hybridized carbons (Fsp3) is 0.500. The quantitative estimate of drug-likeness (QED) is 0.768. The van der Waals surface area contributed by atoms with E-state index in [0.29, 0.717) is 12.2 Å². The van der Waals surface area contributed by atoms with Gasteiger partial charge in [0.25, 0.3) is 0 Å². The number of esters is 1. The van der Waals surface area contributed by atoms with Gasteiger partial charge in [-0.15, -0.1) is 0 Å². The van der Waals surface area contributed by atoms with Crippen LogP contribution in [-0.2, 0) is 16.1 Å². The number of nitrogens with one attached hydrogen (secondary N) is 1. The summed E-state index contributed by atoms with van der Waals surface area (Å²) < 4.78 is 11.0. The summed E-state index contributed by atoms with van der Waals surface area (Å²) in [6.07, 6.45) is 0.282. The van der Waals surface area contributed by atoms with E-state index in [2.05, 4.69) is 12.2 Å². The Bertz CT molecular complexity index is 498. The fourth-order valence-corrected chi connectivity index (χ4v) is 2.69. The number of rotatable bonds is 1. The topological polar surface area (TPSA) is 47.6 Å². The third-order valence-corrected chi connectivity index (χ3v) is 3.71. The zero-order chi connectivity index (χ0) is 12.7. The second-order valence-corrected chi connectivity index (χ2v) is 4.98. The van der Waals surface area contributed by atoms with Crippen molar-refractivity contribution >= 4 is 5.97 Å². The predicted octanol–water partition coefficient (Wildman–Crippen LogP) is 1.71. The van der Waals surface area contributed by atoms with Crippen LogP contribution in [0.1, 0.15) is 40.1 Å². The third-order valence-electron chi connectivity index (χ3n) is 3.71. The van der Waals surface area contributed by atoms with E-state index in [1.54, 1.807) is 0 Å². The first kappa shape index (κ1) is 11.7. The van der Waals surface area contributed by atoms with Crippen LogP contribution in [-0.4, -0.2) is 25.2 Å². The molecule has 4 nitrogen and oxygen atoms in total. The molecule has 0 unspecified atom stereocenters. The number of cyclic esters (lactones) is 1. The Morgan fingerprint density at radius 2 is 2.17 bits per heavy atom. The van der Waals surface area contributed by atoms with Gasteiger partial charge in [0.1, 0.15) is 6.61 Å². The van der Waals surface area contributed by atoms with Gasteiger partial charge < -0.3 is 14.8 Å². The van der Waals surface area contributed by atoms with Crippen LogP contribution in [0.5, 0.6) is 0 Å². The van der Waals surface area contributed by atoms with Gasteiger partial charge in [-0.2, -0.15) is 0 Å².